The molecule has 0 unspecified atom stereocenters. The molecule has 1 aromatic carbocycles. The van der Waals surface area contributed by atoms with Crippen molar-refractivity contribution in [2.24, 2.45) is 0 Å². The first kappa shape index (κ1) is 17.3. The molecule has 0 spiro atoms. The van der Waals surface area contributed by atoms with Crippen molar-refractivity contribution in [2.75, 3.05) is 32.1 Å². The lowest BCUT2D eigenvalue weighted by Crippen LogP contribution is -2.50. The van der Waals surface area contributed by atoms with Gasteiger partial charge < -0.3 is 10.2 Å². The lowest BCUT2D eigenvalue weighted by Gasteiger charge is -2.37. The third kappa shape index (κ3) is 4.50. The first-order valence-electron chi connectivity index (χ1n) is 9.41. The van der Waals surface area contributed by atoms with Gasteiger partial charge in [0.15, 0.2) is 0 Å². The topological polar surface area (TPSA) is 35.6 Å². The van der Waals surface area contributed by atoms with Crippen molar-refractivity contribution in [1.82, 2.24) is 10.2 Å². The number of rotatable bonds is 5. The molecule has 1 heterocycles. The predicted molar refractivity (Wildman–Crippen MR) is 99.5 cm³/mol. The number of hydrogen-bond donors (Lipinski definition) is 1. The van der Waals surface area contributed by atoms with Crippen molar-refractivity contribution in [1.29, 1.82) is 0 Å². The van der Waals surface area contributed by atoms with Gasteiger partial charge in [-0.2, -0.15) is 0 Å². The number of likely N-dealkylation sites (tertiary alicyclic amines) is 1. The number of hydrogen-bond acceptors (Lipinski definition) is 3. The van der Waals surface area contributed by atoms with E-state index in [4.69, 9.17) is 0 Å². The maximum atomic E-state index is 12.4. The molecule has 1 atom stereocenters. The molecule has 0 radical (unpaired) electrons. The van der Waals surface area contributed by atoms with Crippen LogP contribution in [0.3, 0.4) is 0 Å². The van der Waals surface area contributed by atoms with Crippen molar-refractivity contribution in [3.05, 3.63) is 29.8 Å². The van der Waals surface area contributed by atoms with E-state index < -0.39 is 0 Å². The monoisotopic (exact) mass is 329 g/mol. The summed E-state index contributed by atoms with van der Waals surface area (Å²) in [6.45, 7) is 2.25. The highest BCUT2D eigenvalue weighted by atomic mass is 16.1. The quantitative estimate of drug-likeness (QED) is 0.902. The Bertz CT molecular complexity index is 534. The molecule has 132 valence electrons. The third-order valence-corrected chi connectivity index (χ3v) is 5.48. The van der Waals surface area contributed by atoms with E-state index in [2.05, 4.69) is 39.4 Å². The summed E-state index contributed by atoms with van der Waals surface area (Å²) in [5.41, 5.74) is 2.25. The average molecular weight is 329 g/mol. The van der Waals surface area contributed by atoms with Crippen molar-refractivity contribution in [3.8, 4) is 0 Å². The molecule has 1 N–H and O–H groups in total. The summed E-state index contributed by atoms with van der Waals surface area (Å²) in [5, 5.41) is 3.27. The van der Waals surface area contributed by atoms with Gasteiger partial charge in [0.05, 0.1) is 6.42 Å². The zero-order valence-corrected chi connectivity index (χ0v) is 15.1. The second kappa shape index (κ2) is 8.02. The van der Waals surface area contributed by atoms with Crippen LogP contribution in [-0.2, 0) is 11.2 Å². The fourth-order valence-electron chi connectivity index (χ4n) is 4.10. The van der Waals surface area contributed by atoms with E-state index in [0.717, 1.165) is 24.6 Å². The molecule has 1 aliphatic heterocycles. The number of carbonyl (C=O) groups is 1. The maximum Gasteiger partial charge on any atom is 0.224 e. The Labute approximate surface area is 146 Å². The summed E-state index contributed by atoms with van der Waals surface area (Å²) in [4.78, 5) is 17.1. The number of nitrogens with one attached hydrogen (secondary N) is 1. The number of amides is 1. The summed E-state index contributed by atoms with van der Waals surface area (Å²) in [5.74, 6) is 0.158. The number of carbonyl (C=O) groups excluding carboxylic acids is 1. The van der Waals surface area contributed by atoms with Gasteiger partial charge in [0.25, 0.3) is 0 Å². The number of nitrogens with zero attached hydrogens (tertiary/aromatic N) is 2. The van der Waals surface area contributed by atoms with E-state index >= 15 is 0 Å². The molecule has 2 aliphatic rings. The molecule has 1 amide bonds. The van der Waals surface area contributed by atoms with Gasteiger partial charge in [-0.1, -0.05) is 25.0 Å². The normalized spacial score (nSPS) is 22.5. The maximum absolute atomic E-state index is 12.4. The number of piperidine rings is 1. The molecule has 3 rings (SSSR count). The van der Waals surface area contributed by atoms with E-state index in [0.29, 0.717) is 12.5 Å². The number of benzene rings is 1. The van der Waals surface area contributed by atoms with Gasteiger partial charge >= 0.3 is 0 Å². The molecule has 1 aliphatic carbocycles. The molecule has 1 saturated heterocycles. The Morgan fingerprint density at radius 3 is 2.50 bits per heavy atom. The molecule has 0 aromatic heterocycles. The molecule has 24 heavy (non-hydrogen) atoms. The summed E-state index contributed by atoms with van der Waals surface area (Å²) in [6.07, 6.45) is 8.25. The van der Waals surface area contributed by atoms with E-state index in [1.54, 1.807) is 0 Å². The highest BCUT2D eigenvalue weighted by Crippen LogP contribution is 2.26. The minimum Gasteiger partial charge on any atom is -0.378 e. The van der Waals surface area contributed by atoms with Gasteiger partial charge in [-0.05, 0) is 49.9 Å². The standard InChI is InChI=1S/C20H31N3O/c1-22(2)18-11-9-16(10-12-18)14-20(24)21-17-6-5-13-23(15-17)19-7-3-4-8-19/h9-12,17,19H,3-8,13-15H2,1-2H3,(H,21,24)/t17-/m0/s1. The van der Waals surface area contributed by atoms with Crippen molar-refractivity contribution < 1.29 is 4.79 Å². The minimum absolute atomic E-state index is 0.158. The molecule has 2 fully saturated rings. The fourth-order valence-corrected chi connectivity index (χ4v) is 4.10. The predicted octanol–water partition coefficient (Wildman–Crippen LogP) is 2.82. The van der Waals surface area contributed by atoms with E-state index in [-0.39, 0.29) is 5.91 Å². The molecular formula is C20H31N3O. The van der Waals surface area contributed by atoms with Crippen LogP contribution in [0, 0.1) is 0 Å². The zero-order valence-electron chi connectivity index (χ0n) is 15.1. The van der Waals surface area contributed by atoms with Gasteiger partial charge in [0.1, 0.15) is 0 Å². The summed E-state index contributed by atoms with van der Waals surface area (Å²) in [7, 11) is 4.06. The lowest BCUT2D eigenvalue weighted by atomic mass is 10.0. The van der Waals surface area contributed by atoms with Gasteiger partial charge in [-0.3, -0.25) is 9.69 Å². The fraction of sp³-hybridized carbons (Fsp3) is 0.650. The Balaban J connectivity index is 1.48. The summed E-state index contributed by atoms with van der Waals surface area (Å²) >= 11 is 0. The Morgan fingerprint density at radius 1 is 1.12 bits per heavy atom. The van der Waals surface area contributed by atoms with Crippen LogP contribution in [0.25, 0.3) is 0 Å². The van der Waals surface area contributed by atoms with Gasteiger partial charge in [0, 0.05) is 38.4 Å². The van der Waals surface area contributed by atoms with Crippen LogP contribution < -0.4 is 10.2 Å². The first-order chi connectivity index (χ1) is 11.6. The first-order valence-corrected chi connectivity index (χ1v) is 9.41. The molecule has 0 bridgehead atoms. The van der Waals surface area contributed by atoms with Crippen molar-refractivity contribution in [2.45, 2.75) is 57.0 Å². The molecule has 4 heteroatoms. The smallest absolute Gasteiger partial charge is 0.224 e. The van der Waals surface area contributed by atoms with Crippen LogP contribution in [0.2, 0.25) is 0 Å². The SMILES string of the molecule is CN(C)c1ccc(CC(=O)N[C@H]2CCCN(C3CCCC3)C2)cc1. The van der Waals surface area contributed by atoms with Crippen LogP contribution in [0.5, 0.6) is 0 Å². The molecule has 1 saturated carbocycles. The highest BCUT2D eigenvalue weighted by Gasteiger charge is 2.28. The largest absolute Gasteiger partial charge is 0.378 e. The summed E-state index contributed by atoms with van der Waals surface area (Å²) < 4.78 is 0. The van der Waals surface area contributed by atoms with Crippen LogP contribution in [0.1, 0.15) is 44.1 Å². The second-order valence-corrected chi connectivity index (χ2v) is 7.58. The summed E-state index contributed by atoms with van der Waals surface area (Å²) in [6, 6.07) is 9.35. The van der Waals surface area contributed by atoms with Crippen LogP contribution in [0.4, 0.5) is 5.69 Å². The lowest BCUT2D eigenvalue weighted by molar-refractivity contribution is -0.121. The van der Waals surface area contributed by atoms with Crippen molar-refractivity contribution >= 4 is 11.6 Å². The average Bonchev–Trinajstić information content (AvgIpc) is 3.10. The third-order valence-electron chi connectivity index (χ3n) is 5.48. The Kier molecular flexibility index (Phi) is 5.77. The number of anilines is 1. The van der Waals surface area contributed by atoms with Crippen LogP contribution in [-0.4, -0.2) is 50.1 Å². The van der Waals surface area contributed by atoms with Gasteiger partial charge in [0.2, 0.25) is 5.91 Å². The highest BCUT2D eigenvalue weighted by molar-refractivity contribution is 5.79. The second-order valence-electron chi connectivity index (χ2n) is 7.58. The zero-order chi connectivity index (χ0) is 16.9. The van der Waals surface area contributed by atoms with Crippen LogP contribution in [0.15, 0.2) is 24.3 Å². The Morgan fingerprint density at radius 2 is 1.83 bits per heavy atom. The molecular weight excluding hydrogens is 298 g/mol. The van der Waals surface area contributed by atoms with Crippen molar-refractivity contribution in [3.63, 3.8) is 0 Å². The minimum atomic E-state index is 0.158. The van der Waals surface area contributed by atoms with E-state index in [1.165, 1.54) is 44.3 Å². The van der Waals surface area contributed by atoms with Gasteiger partial charge in [-0.25, -0.2) is 0 Å². The van der Waals surface area contributed by atoms with Crippen LogP contribution >= 0.6 is 0 Å². The Hall–Kier alpha value is -1.55. The van der Waals surface area contributed by atoms with E-state index in [1.807, 2.05) is 14.1 Å². The van der Waals surface area contributed by atoms with Gasteiger partial charge in [-0.15, -0.1) is 0 Å². The molecule has 1 aromatic rings. The van der Waals surface area contributed by atoms with E-state index in [9.17, 15) is 4.79 Å². The molecule has 4 nitrogen and oxygen atoms in total.